The summed E-state index contributed by atoms with van der Waals surface area (Å²) in [6.07, 6.45) is 1.56. The first-order valence-corrected chi connectivity index (χ1v) is 8.65. The molecule has 0 unspecified atom stereocenters. The monoisotopic (exact) mass is 392 g/mol. The fraction of sp³-hybridized carbons (Fsp3) is 0.118. The first kappa shape index (κ1) is 17.7. The van der Waals surface area contributed by atoms with Crippen molar-refractivity contribution in [3.63, 3.8) is 0 Å². The van der Waals surface area contributed by atoms with Gasteiger partial charge in [0.15, 0.2) is 5.82 Å². The topological polar surface area (TPSA) is 55.2 Å². The van der Waals surface area contributed by atoms with Gasteiger partial charge in [-0.1, -0.05) is 41.4 Å². The number of benzene rings is 2. The van der Waals surface area contributed by atoms with E-state index in [2.05, 4.69) is 15.3 Å². The van der Waals surface area contributed by atoms with E-state index in [1.165, 1.54) is 4.68 Å². The molecule has 1 N–H and O–H groups in total. The molecular formula is C17H14Cl2N4OS. The summed E-state index contributed by atoms with van der Waals surface area (Å²) in [4.78, 5) is 0. The smallest absolute Gasteiger partial charge is 0.216 e. The number of halogens is 2. The zero-order chi connectivity index (χ0) is 17.8. The van der Waals surface area contributed by atoms with Gasteiger partial charge < -0.3 is 4.74 Å². The van der Waals surface area contributed by atoms with Crippen LogP contribution in [0, 0.1) is 4.77 Å². The minimum atomic E-state index is 0.358. The fourth-order valence-electron chi connectivity index (χ4n) is 2.23. The van der Waals surface area contributed by atoms with Gasteiger partial charge >= 0.3 is 0 Å². The van der Waals surface area contributed by atoms with Crippen molar-refractivity contribution >= 4 is 41.6 Å². The molecule has 0 amide bonds. The van der Waals surface area contributed by atoms with Crippen LogP contribution in [0.1, 0.15) is 12.5 Å². The van der Waals surface area contributed by atoms with Crippen LogP contribution in [0.25, 0.3) is 11.4 Å². The van der Waals surface area contributed by atoms with Crippen molar-refractivity contribution < 1.29 is 4.74 Å². The van der Waals surface area contributed by atoms with Crippen LogP contribution in [0.4, 0.5) is 0 Å². The van der Waals surface area contributed by atoms with Crippen LogP contribution in [0.2, 0.25) is 10.0 Å². The lowest BCUT2D eigenvalue weighted by Crippen LogP contribution is -1.97. The van der Waals surface area contributed by atoms with Crippen LogP contribution in [0.3, 0.4) is 0 Å². The Morgan fingerprint density at radius 3 is 2.68 bits per heavy atom. The van der Waals surface area contributed by atoms with Gasteiger partial charge in [-0.25, -0.2) is 5.10 Å². The second kappa shape index (κ2) is 7.82. The highest BCUT2D eigenvalue weighted by Gasteiger charge is 2.10. The number of nitrogens with zero attached hydrogens (tertiary/aromatic N) is 3. The number of rotatable bonds is 5. The molecule has 0 aliphatic heterocycles. The van der Waals surface area contributed by atoms with Crippen LogP contribution in [-0.4, -0.2) is 27.7 Å². The summed E-state index contributed by atoms with van der Waals surface area (Å²) in [7, 11) is 0. The SMILES string of the molecule is CCOc1cccc(-c2n[nH]c(=S)n2/N=C/c2c(Cl)cccc2Cl)c1. The molecule has 2 aromatic carbocycles. The van der Waals surface area contributed by atoms with Crippen LogP contribution >= 0.6 is 35.4 Å². The van der Waals surface area contributed by atoms with Gasteiger partial charge in [-0.2, -0.15) is 14.9 Å². The Morgan fingerprint density at radius 2 is 1.96 bits per heavy atom. The molecule has 0 saturated heterocycles. The van der Waals surface area contributed by atoms with E-state index in [4.69, 9.17) is 40.2 Å². The molecule has 0 radical (unpaired) electrons. The second-order valence-corrected chi connectivity index (χ2v) is 6.21. The summed E-state index contributed by atoms with van der Waals surface area (Å²) >= 11 is 17.6. The van der Waals surface area contributed by atoms with Gasteiger partial charge in [-0.05, 0) is 43.4 Å². The summed E-state index contributed by atoms with van der Waals surface area (Å²) < 4.78 is 7.40. The van der Waals surface area contributed by atoms with Crippen molar-refractivity contribution in [2.45, 2.75) is 6.92 Å². The van der Waals surface area contributed by atoms with E-state index in [1.807, 2.05) is 31.2 Å². The van der Waals surface area contributed by atoms with E-state index < -0.39 is 0 Å². The number of nitrogens with one attached hydrogen (secondary N) is 1. The van der Waals surface area contributed by atoms with E-state index in [-0.39, 0.29) is 0 Å². The third-order valence-electron chi connectivity index (χ3n) is 3.36. The highest BCUT2D eigenvalue weighted by molar-refractivity contribution is 7.71. The zero-order valence-corrected chi connectivity index (χ0v) is 15.6. The number of aromatic amines is 1. The molecule has 1 aromatic heterocycles. The van der Waals surface area contributed by atoms with Crippen LogP contribution in [0.15, 0.2) is 47.6 Å². The van der Waals surface area contributed by atoms with Gasteiger partial charge in [0.2, 0.25) is 4.77 Å². The molecule has 0 saturated carbocycles. The van der Waals surface area contributed by atoms with Gasteiger partial charge in [0.25, 0.3) is 0 Å². The lowest BCUT2D eigenvalue weighted by Gasteiger charge is -2.06. The van der Waals surface area contributed by atoms with E-state index in [1.54, 1.807) is 24.4 Å². The Bertz CT molecular complexity index is 961. The number of hydrogen-bond acceptors (Lipinski definition) is 4. The Labute approximate surface area is 159 Å². The van der Waals surface area contributed by atoms with Crippen molar-refractivity contribution in [2.75, 3.05) is 6.61 Å². The Morgan fingerprint density at radius 1 is 1.24 bits per heavy atom. The summed E-state index contributed by atoms with van der Waals surface area (Å²) in [5.74, 6) is 1.31. The van der Waals surface area contributed by atoms with Crippen LogP contribution in [0.5, 0.6) is 5.75 Å². The second-order valence-electron chi connectivity index (χ2n) is 5.00. The summed E-state index contributed by atoms with van der Waals surface area (Å²) in [6, 6.07) is 12.8. The minimum absolute atomic E-state index is 0.358. The van der Waals surface area contributed by atoms with Crippen molar-refractivity contribution in [1.29, 1.82) is 0 Å². The van der Waals surface area contributed by atoms with Gasteiger partial charge in [-0.3, -0.25) is 0 Å². The van der Waals surface area contributed by atoms with E-state index in [0.717, 1.165) is 11.3 Å². The normalized spacial score (nSPS) is 11.2. The van der Waals surface area contributed by atoms with E-state index in [0.29, 0.717) is 32.8 Å². The third kappa shape index (κ3) is 3.92. The lowest BCUT2D eigenvalue weighted by atomic mass is 10.2. The Balaban J connectivity index is 2.02. The zero-order valence-electron chi connectivity index (χ0n) is 13.2. The average Bonchev–Trinajstić information content (AvgIpc) is 2.96. The van der Waals surface area contributed by atoms with E-state index in [9.17, 15) is 0 Å². The quantitative estimate of drug-likeness (QED) is 0.479. The van der Waals surface area contributed by atoms with Crippen molar-refractivity contribution in [3.05, 3.63) is 62.8 Å². The molecule has 0 atom stereocenters. The molecule has 3 rings (SSSR count). The molecule has 1 heterocycles. The summed E-state index contributed by atoms with van der Waals surface area (Å²) in [5.41, 5.74) is 1.43. The van der Waals surface area contributed by atoms with Crippen molar-refractivity contribution in [2.24, 2.45) is 5.10 Å². The van der Waals surface area contributed by atoms with Crippen molar-refractivity contribution in [3.8, 4) is 17.1 Å². The molecule has 8 heteroatoms. The number of hydrogen-bond donors (Lipinski definition) is 1. The molecule has 0 spiro atoms. The fourth-order valence-corrected chi connectivity index (χ4v) is 2.90. The van der Waals surface area contributed by atoms with Crippen LogP contribution in [-0.2, 0) is 0 Å². The molecular weight excluding hydrogens is 379 g/mol. The first-order valence-electron chi connectivity index (χ1n) is 7.49. The first-order chi connectivity index (χ1) is 12.1. The lowest BCUT2D eigenvalue weighted by molar-refractivity contribution is 0.340. The van der Waals surface area contributed by atoms with Crippen molar-refractivity contribution in [1.82, 2.24) is 14.9 Å². The maximum absolute atomic E-state index is 6.17. The number of H-pyrrole nitrogens is 1. The van der Waals surface area contributed by atoms with Gasteiger partial charge in [0, 0.05) is 11.1 Å². The number of ether oxygens (including phenoxy) is 1. The maximum atomic E-state index is 6.17. The molecule has 0 aliphatic rings. The third-order valence-corrected chi connectivity index (χ3v) is 4.28. The number of aromatic nitrogens is 3. The summed E-state index contributed by atoms with van der Waals surface area (Å²) in [5, 5.41) is 12.4. The van der Waals surface area contributed by atoms with E-state index >= 15 is 0 Å². The molecule has 0 bridgehead atoms. The molecule has 128 valence electrons. The van der Waals surface area contributed by atoms with Gasteiger partial charge in [0.05, 0.1) is 22.9 Å². The molecule has 0 aliphatic carbocycles. The highest BCUT2D eigenvalue weighted by atomic mass is 35.5. The van der Waals surface area contributed by atoms with Crippen LogP contribution < -0.4 is 4.74 Å². The van der Waals surface area contributed by atoms with Gasteiger partial charge in [0.1, 0.15) is 5.75 Å². The highest BCUT2D eigenvalue weighted by Crippen LogP contribution is 2.24. The minimum Gasteiger partial charge on any atom is -0.494 e. The molecule has 25 heavy (non-hydrogen) atoms. The maximum Gasteiger partial charge on any atom is 0.216 e. The largest absolute Gasteiger partial charge is 0.494 e. The van der Waals surface area contributed by atoms with Gasteiger partial charge in [-0.15, -0.1) is 0 Å². The molecule has 3 aromatic rings. The molecule has 0 fully saturated rings. The Hall–Kier alpha value is -2.15. The predicted octanol–water partition coefficient (Wildman–Crippen LogP) is 5.20. The average molecular weight is 393 g/mol. The summed E-state index contributed by atoms with van der Waals surface area (Å²) in [6.45, 7) is 2.51. The standard InChI is InChI=1S/C17H14Cl2N4OS/c1-2-24-12-6-3-5-11(9-12)16-21-22-17(25)23(16)20-10-13-14(18)7-4-8-15(13)19/h3-10H,2H2,1H3,(H,22,25)/b20-10+. The predicted molar refractivity (Wildman–Crippen MR) is 103 cm³/mol. The molecule has 5 nitrogen and oxygen atoms in total. The Kier molecular flexibility index (Phi) is 5.53.